The van der Waals surface area contributed by atoms with Crippen LogP contribution in [0.4, 0.5) is 0 Å². The summed E-state index contributed by atoms with van der Waals surface area (Å²) in [5.74, 6) is -0.153. The van der Waals surface area contributed by atoms with Crippen LogP contribution in [-0.4, -0.2) is 30.7 Å². The minimum atomic E-state index is -1.27. The maximum Gasteiger partial charge on any atom is 0.342 e. The summed E-state index contributed by atoms with van der Waals surface area (Å²) in [4.78, 5) is 26.5. The van der Waals surface area contributed by atoms with E-state index in [4.69, 9.17) is 5.11 Å². The van der Waals surface area contributed by atoms with Crippen LogP contribution in [0.2, 0.25) is 0 Å². The van der Waals surface area contributed by atoms with E-state index in [1.165, 1.54) is 4.40 Å². The van der Waals surface area contributed by atoms with Gasteiger partial charge in [0.1, 0.15) is 11.4 Å². The van der Waals surface area contributed by atoms with Crippen molar-refractivity contribution in [3.05, 3.63) is 27.9 Å². The predicted octanol–water partition coefficient (Wildman–Crippen LogP) is -0.00680. The Hall–Kier alpha value is -2.18. The van der Waals surface area contributed by atoms with E-state index < -0.39 is 11.5 Å². The molecular weight excluding hydrogens is 212 g/mol. The van der Waals surface area contributed by atoms with Crippen molar-refractivity contribution in [3.8, 4) is 0 Å². The first-order valence-electron chi connectivity index (χ1n) is 4.88. The van der Waals surface area contributed by atoms with Gasteiger partial charge in [-0.05, 0) is 12.8 Å². The fourth-order valence-electron chi connectivity index (χ4n) is 1.67. The van der Waals surface area contributed by atoms with Gasteiger partial charge < -0.3 is 5.11 Å². The van der Waals surface area contributed by atoms with Gasteiger partial charge in [-0.15, -0.1) is 0 Å². The molecule has 82 valence electrons. The lowest BCUT2D eigenvalue weighted by molar-refractivity contribution is 0.0694. The standard InChI is InChI=1S/C9H8N4O3/c14-7-5(8(15)16)3-10-9-12-11-6(13(7)9)4-1-2-4/h3-4H,1-2H2,(H,10,12)(H,15,16). The second-order valence-electron chi connectivity index (χ2n) is 3.80. The Balaban J connectivity index is 2.36. The zero-order valence-electron chi connectivity index (χ0n) is 8.17. The first-order valence-corrected chi connectivity index (χ1v) is 4.88. The lowest BCUT2D eigenvalue weighted by Gasteiger charge is -1.97. The Morgan fingerprint density at radius 3 is 2.94 bits per heavy atom. The third-order valence-corrected chi connectivity index (χ3v) is 2.63. The van der Waals surface area contributed by atoms with Gasteiger partial charge in [-0.1, -0.05) is 0 Å². The normalized spacial score (nSPS) is 15.5. The largest absolute Gasteiger partial charge is 0.477 e. The molecule has 0 spiro atoms. The molecule has 0 radical (unpaired) electrons. The molecule has 2 aromatic heterocycles. The summed E-state index contributed by atoms with van der Waals surface area (Å²) in [6.45, 7) is 0. The number of carbonyl (C=O) groups is 1. The maximum absolute atomic E-state index is 11.9. The van der Waals surface area contributed by atoms with Crippen LogP contribution in [0.25, 0.3) is 5.78 Å². The lowest BCUT2D eigenvalue weighted by atomic mass is 10.3. The topological polar surface area (TPSA) is 100 Å². The second-order valence-corrected chi connectivity index (χ2v) is 3.80. The molecule has 0 aromatic carbocycles. The molecule has 16 heavy (non-hydrogen) atoms. The number of rotatable bonds is 2. The molecule has 1 aliphatic rings. The van der Waals surface area contributed by atoms with Gasteiger partial charge in [0.2, 0.25) is 5.78 Å². The Kier molecular flexibility index (Phi) is 1.65. The highest BCUT2D eigenvalue weighted by molar-refractivity contribution is 5.86. The first-order chi connectivity index (χ1) is 7.68. The third kappa shape index (κ3) is 1.14. The molecule has 1 aliphatic carbocycles. The van der Waals surface area contributed by atoms with Crippen LogP contribution in [0, 0.1) is 0 Å². The van der Waals surface area contributed by atoms with Crippen LogP contribution in [0.5, 0.6) is 0 Å². The monoisotopic (exact) mass is 220 g/mol. The molecule has 0 saturated heterocycles. The number of carboxylic acids is 1. The van der Waals surface area contributed by atoms with Crippen molar-refractivity contribution in [2.75, 3.05) is 0 Å². The molecule has 0 unspecified atom stereocenters. The average molecular weight is 220 g/mol. The molecule has 3 rings (SSSR count). The molecule has 0 atom stereocenters. The Morgan fingerprint density at radius 2 is 2.31 bits per heavy atom. The van der Waals surface area contributed by atoms with Gasteiger partial charge in [-0.2, -0.15) is 5.10 Å². The molecule has 2 N–H and O–H groups in total. The minimum absolute atomic E-state index is 0.247. The van der Waals surface area contributed by atoms with Gasteiger partial charge in [-0.3, -0.25) is 4.79 Å². The summed E-state index contributed by atoms with van der Waals surface area (Å²) in [7, 11) is 0. The summed E-state index contributed by atoms with van der Waals surface area (Å²) in [5.41, 5.74) is -0.908. The number of aromatic carboxylic acids is 1. The van der Waals surface area contributed by atoms with Crippen molar-refractivity contribution in [1.29, 1.82) is 0 Å². The molecular formula is C9H8N4O3. The fraction of sp³-hybridized carbons (Fsp3) is 0.333. The van der Waals surface area contributed by atoms with Gasteiger partial charge in [0.25, 0.3) is 5.56 Å². The van der Waals surface area contributed by atoms with Crippen LogP contribution in [-0.2, 0) is 0 Å². The van der Waals surface area contributed by atoms with Crippen molar-refractivity contribution in [2.45, 2.75) is 18.8 Å². The molecule has 2 heterocycles. The van der Waals surface area contributed by atoms with Crippen molar-refractivity contribution in [3.63, 3.8) is 0 Å². The number of aromatic amines is 1. The van der Waals surface area contributed by atoms with Crippen LogP contribution in [0.3, 0.4) is 0 Å². The van der Waals surface area contributed by atoms with Crippen molar-refractivity contribution < 1.29 is 9.90 Å². The summed E-state index contributed by atoms with van der Waals surface area (Å²) >= 11 is 0. The maximum atomic E-state index is 11.9. The quantitative estimate of drug-likeness (QED) is 0.741. The smallest absolute Gasteiger partial charge is 0.342 e. The molecule has 7 heteroatoms. The zero-order chi connectivity index (χ0) is 11.3. The highest BCUT2D eigenvalue weighted by Crippen LogP contribution is 2.38. The molecule has 0 bridgehead atoms. The van der Waals surface area contributed by atoms with Gasteiger partial charge >= 0.3 is 5.97 Å². The summed E-state index contributed by atoms with van der Waals surface area (Å²) in [5, 5.41) is 15.5. The number of carboxylic acid groups (broad SMARTS) is 1. The van der Waals surface area contributed by atoms with Gasteiger partial charge in [-0.25, -0.2) is 19.3 Å². The number of fused-ring (bicyclic) bond motifs is 1. The zero-order valence-corrected chi connectivity index (χ0v) is 8.17. The number of nitrogens with one attached hydrogen (secondary N) is 1. The number of hydrogen-bond acceptors (Lipinski definition) is 4. The Labute approximate surface area is 88.7 Å². The Bertz CT molecular complexity index is 638. The fourth-order valence-corrected chi connectivity index (χ4v) is 1.67. The van der Waals surface area contributed by atoms with E-state index in [2.05, 4.69) is 15.2 Å². The van der Waals surface area contributed by atoms with Crippen LogP contribution >= 0.6 is 0 Å². The summed E-state index contributed by atoms with van der Waals surface area (Å²) < 4.78 is 1.25. The van der Waals surface area contributed by atoms with Crippen molar-refractivity contribution in [1.82, 2.24) is 19.6 Å². The van der Waals surface area contributed by atoms with Crippen LogP contribution in [0.1, 0.15) is 34.9 Å². The van der Waals surface area contributed by atoms with E-state index in [1.807, 2.05) is 0 Å². The molecule has 0 aliphatic heterocycles. The van der Waals surface area contributed by atoms with Crippen LogP contribution < -0.4 is 5.56 Å². The number of H-pyrrole nitrogens is 1. The van der Waals surface area contributed by atoms with E-state index >= 15 is 0 Å². The summed E-state index contributed by atoms with van der Waals surface area (Å²) in [6.07, 6.45) is 3.00. The second kappa shape index (κ2) is 2.91. The van der Waals surface area contributed by atoms with E-state index in [0.717, 1.165) is 19.0 Å². The Morgan fingerprint density at radius 1 is 1.56 bits per heavy atom. The molecule has 7 nitrogen and oxygen atoms in total. The van der Waals surface area contributed by atoms with E-state index in [-0.39, 0.29) is 17.3 Å². The van der Waals surface area contributed by atoms with Crippen molar-refractivity contribution in [2.24, 2.45) is 0 Å². The van der Waals surface area contributed by atoms with Gasteiger partial charge in [0.05, 0.1) is 6.20 Å². The minimum Gasteiger partial charge on any atom is -0.477 e. The molecule has 1 saturated carbocycles. The number of aromatic nitrogens is 4. The van der Waals surface area contributed by atoms with E-state index in [9.17, 15) is 9.59 Å². The highest BCUT2D eigenvalue weighted by Gasteiger charge is 2.30. The van der Waals surface area contributed by atoms with Crippen molar-refractivity contribution >= 4 is 11.7 Å². The predicted molar refractivity (Wildman–Crippen MR) is 52.5 cm³/mol. The number of nitrogens with zero attached hydrogens (tertiary/aromatic N) is 3. The lowest BCUT2D eigenvalue weighted by Crippen LogP contribution is -2.23. The summed E-state index contributed by atoms with van der Waals surface area (Å²) in [6, 6.07) is 0. The van der Waals surface area contributed by atoms with E-state index in [0.29, 0.717) is 5.82 Å². The third-order valence-electron chi connectivity index (χ3n) is 2.63. The number of hydrogen-bond donors (Lipinski definition) is 2. The SMILES string of the molecule is O=C(O)c1cnc2[nH]nc(C3CC3)n2c1=O. The first kappa shape index (κ1) is 9.08. The highest BCUT2D eigenvalue weighted by atomic mass is 16.4. The van der Waals surface area contributed by atoms with E-state index in [1.54, 1.807) is 0 Å². The molecule has 0 amide bonds. The van der Waals surface area contributed by atoms with Crippen LogP contribution in [0.15, 0.2) is 11.0 Å². The molecule has 1 fully saturated rings. The average Bonchev–Trinajstić information content (AvgIpc) is 2.99. The molecule has 2 aromatic rings. The van der Waals surface area contributed by atoms with Gasteiger partial charge in [0, 0.05) is 5.92 Å². The van der Waals surface area contributed by atoms with Gasteiger partial charge in [0.15, 0.2) is 0 Å².